The van der Waals surface area contributed by atoms with Crippen molar-refractivity contribution < 1.29 is 4.39 Å². The Labute approximate surface area is 110 Å². The molecule has 1 nitrogen and oxygen atoms in total. The van der Waals surface area contributed by atoms with Crippen LogP contribution in [0.25, 0.3) is 0 Å². The van der Waals surface area contributed by atoms with Gasteiger partial charge in [-0.15, -0.1) is 0 Å². The summed E-state index contributed by atoms with van der Waals surface area (Å²) < 4.78 is 13.5. The van der Waals surface area contributed by atoms with E-state index in [-0.39, 0.29) is 5.82 Å². The first-order valence-corrected chi connectivity index (χ1v) is 7.08. The maximum atomic E-state index is 13.5. The van der Waals surface area contributed by atoms with Crippen LogP contribution in [0, 0.1) is 24.6 Å². The van der Waals surface area contributed by atoms with Crippen LogP contribution in [-0.4, -0.2) is 7.05 Å². The second kappa shape index (κ2) is 5.83. The number of hydrogen-bond acceptors (Lipinski definition) is 1. The Bertz CT molecular complexity index is 382. The van der Waals surface area contributed by atoms with Crippen molar-refractivity contribution in [3.63, 3.8) is 0 Å². The molecule has 1 aliphatic rings. The highest BCUT2D eigenvalue weighted by Gasteiger charge is 2.30. The first kappa shape index (κ1) is 13.5. The predicted molar refractivity (Wildman–Crippen MR) is 74.1 cm³/mol. The third kappa shape index (κ3) is 2.92. The van der Waals surface area contributed by atoms with E-state index in [1.807, 2.05) is 14.0 Å². The van der Waals surface area contributed by atoms with E-state index in [0.29, 0.717) is 12.0 Å². The van der Waals surface area contributed by atoms with Gasteiger partial charge in [0, 0.05) is 6.04 Å². The molecule has 0 saturated heterocycles. The lowest BCUT2D eigenvalue weighted by molar-refractivity contribution is 0.371. The maximum absolute atomic E-state index is 13.5. The van der Waals surface area contributed by atoms with Gasteiger partial charge in [-0.1, -0.05) is 25.8 Å². The lowest BCUT2D eigenvalue weighted by Crippen LogP contribution is -2.24. The Hall–Kier alpha value is -0.890. The molecule has 3 atom stereocenters. The highest BCUT2D eigenvalue weighted by molar-refractivity contribution is 5.27. The van der Waals surface area contributed by atoms with Gasteiger partial charge in [0.25, 0.3) is 0 Å². The Morgan fingerprint density at radius 3 is 2.67 bits per heavy atom. The smallest absolute Gasteiger partial charge is 0.123 e. The molecule has 1 N–H and O–H groups in total. The first-order chi connectivity index (χ1) is 8.63. The van der Waals surface area contributed by atoms with Crippen LogP contribution in [0.15, 0.2) is 18.2 Å². The van der Waals surface area contributed by atoms with Crippen molar-refractivity contribution in [1.82, 2.24) is 5.32 Å². The zero-order valence-corrected chi connectivity index (χ0v) is 11.7. The number of benzene rings is 1. The molecule has 1 fully saturated rings. The molecule has 0 bridgehead atoms. The predicted octanol–water partition coefficient (Wildman–Crippen LogP) is 4.22. The fourth-order valence-electron chi connectivity index (χ4n) is 3.41. The second-order valence-electron chi connectivity index (χ2n) is 5.68. The Morgan fingerprint density at radius 1 is 1.33 bits per heavy atom. The summed E-state index contributed by atoms with van der Waals surface area (Å²) in [5.74, 6) is 1.40. The van der Waals surface area contributed by atoms with E-state index in [2.05, 4.69) is 18.3 Å². The lowest BCUT2D eigenvalue weighted by Gasteiger charge is -2.24. The zero-order valence-electron chi connectivity index (χ0n) is 11.7. The molecule has 0 radical (unpaired) electrons. The van der Waals surface area contributed by atoms with Crippen LogP contribution in [0.5, 0.6) is 0 Å². The molecule has 0 spiro atoms. The molecule has 0 heterocycles. The van der Waals surface area contributed by atoms with Crippen LogP contribution in [0.3, 0.4) is 0 Å². The molecular formula is C16H24FN. The second-order valence-corrected chi connectivity index (χ2v) is 5.68. The molecule has 2 heteroatoms. The molecule has 18 heavy (non-hydrogen) atoms. The van der Waals surface area contributed by atoms with Crippen molar-refractivity contribution in [2.75, 3.05) is 7.05 Å². The van der Waals surface area contributed by atoms with Crippen molar-refractivity contribution in [3.05, 3.63) is 35.1 Å². The molecule has 3 unspecified atom stereocenters. The zero-order chi connectivity index (χ0) is 13.1. The number of aryl methyl sites for hydroxylation is 1. The SMILES string of the molecule is CCC1CCC(C(NC)c2cc(C)cc(F)c2)C1. The van der Waals surface area contributed by atoms with Crippen molar-refractivity contribution in [1.29, 1.82) is 0 Å². The normalized spacial score (nSPS) is 25.3. The minimum atomic E-state index is -0.115. The minimum Gasteiger partial charge on any atom is -0.313 e. The van der Waals surface area contributed by atoms with Crippen LogP contribution in [-0.2, 0) is 0 Å². The van der Waals surface area contributed by atoms with Gasteiger partial charge in [0.2, 0.25) is 0 Å². The third-order valence-electron chi connectivity index (χ3n) is 4.37. The molecule has 1 saturated carbocycles. The molecule has 0 aromatic heterocycles. The number of nitrogens with one attached hydrogen (secondary N) is 1. The quantitative estimate of drug-likeness (QED) is 0.842. The Morgan fingerprint density at radius 2 is 2.11 bits per heavy atom. The lowest BCUT2D eigenvalue weighted by atomic mass is 9.90. The van der Waals surface area contributed by atoms with Crippen LogP contribution in [0.1, 0.15) is 49.8 Å². The molecule has 0 amide bonds. The van der Waals surface area contributed by atoms with Gasteiger partial charge in [0.1, 0.15) is 5.82 Å². The summed E-state index contributed by atoms with van der Waals surface area (Å²) in [4.78, 5) is 0. The summed E-state index contributed by atoms with van der Waals surface area (Å²) >= 11 is 0. The van der Waals surface area contributed by atoms with Crippen LogP contribution < -0.4 is 5.32 Å². The molecule has 1 aromatic carbocycles. The maximum Gasteiger partial charge on any atom is 0.123 e. The largest absolute Gasteiger partial charge is 0.313 e. The summed E-state index contributed by atoms with van der Waals surface area (Å²) in [6.45, 7) is 4.23. The van der Waals surface area contributed by atoms with Gasteiger partial charge in [0.05, 0.1) is 0 Å². The van der Waals surface area contributed by atoms with E-state index in [0.717, 1.165) is 17.0 Å². The van der Waals surface area contributed by atoms with Gasteiger partial charge in [-0.3, -0.25) is 0 Å². The molecule has 1 aromatic rings. The average molecular weight is 249 g/mol. The van der Waals surface area contributed by atoms with Crippen LogP contribution >= 0.6 is 0 Å². The summed E-state index contributed by atoms with van der Waals surface area (Å²) in [7, 11) is 1.99. The first-order valence-electron chi connectivity index (χ1n) is 7.08. The molecule has 100 valence electrons. The van der Waals surface area contributed by atoms with Crippen molar-refractivity contribution >= 4 is 0 Å². The number of hydrogen-bond donors (Lipinski definition) is 1. The van der Waals surface area contributed by atoms with E-state index in [4.69, 9.17) is 0 Å². The van der Waals surface area contributed by atoms with Crippen LogP contribution in [0.4, 0.5) is 4.39 Å². The Kier molecular flexibility index (Phi) is 4.39. The Balaban J connectivity index is 2.18. The summed E-state index contributed by atoms with van der Waals surface area (Å²) in [6, 6.07) is 5.70. The molecule has 2 rings (SSSR count). The molecular weight excluding hydrogens is 225 g/mol. The van der Waals surface area contributed by atoms with Gasteiger partial charge in [-0.2, -0.15) is 0 Å². The highest BCUT2D eigenvalue weighted by atomic mass is 19.1. The number of rotatable bonds is 4. The van der Waals surface area contributed by atoms with E-state index >= 15 is 0 Å². The molecule has 1 aliphatic carbocycles. The average Bonchev–Trinajstić information content (AvgIpc) is 2.77. The van der Waals surface area contributed by atoms with Crippen molar-refractivity contribution in [3.8, 4) is 0 Å². The minimum absolute atomic E-state index is 0.115. The standard InChI is InChI=1S/C16H24FN/c1-4-12-5-6-13(9-12)16(18-3)14-7-11(2)8-15(17)10-14/h7-8,10,12-13,16,18H,4-6,9H2,1-3H3. The van der Waals surface area contributed by atoms with Gasteiger partial charge in [-0.25, -0.2) is 4.39 Å². The number of halogens is 1. The van der Waals surface area contributed by atoms with E-state index in [9.17, 15) is 4.39 Å². The van der Waals surface area contributed by atoms with Crippen molar-refractivity contribution in [2.45, 2.75) is 45.6 Å². The topological polar surface area (TPSA) is 12.0 Å². The van der Waals surface area contributed by atoms with Gasteiger partial charge >= 0.3 is 0 Å². The summed E-state index contributed by atoms with van der Waals surface area (Å²) in [5.41, 5.74) is 2.12. The fraction of sp³-hybridized carbons (Fsp3) is 0.625. The highest BCUT2D eigenvalue weighted by Crippen LogP contribution is 2.40. The van der Waals surface area contributed by atoms with Gasteiger partial charge in [-0.05, 0) is 61.9 Å². The monoisotopic (exact) mass is 249 g/mol. The third-order valence-corrected chi connectivity index (χ3v) is 4.37. The van der Waals surface area contributed by atoms with Crippen molar-refractivity contribution in [2.24, 2.45) is 11.8 Å². The van der Waals surface area contributed by atoms with E-state index in [1.165, 1.54) is 25.7 Å². The van der Waals surface area contributed by atoms with Gasteiger partial charge < -0.3 is 5.32 Å². The van der Waals surface area contributed by atoms with E-state index < -0.39 is 0 Å². The fourth-order valence-corrected chi connectivity index (χ4v) is 3.41. The summed E-state index contributed by atoms with van der Waals surface area (Å²) in [5, 5.41) is 3.39. The van der Waals surface area contributed by atoms with Crippen LogP contribution in [0.2, 0.25) is 0 Å². The van der Waals surface area contributed by atoms with Gasteiger partial charge in [0.15, 0.2) is 0 Å². The molecule has 0 aliphatic heterocycles. The summed E-state index contributed by atoms with van der Waals surface area (Å²) in [6.07, 6.45) is 5.14. The van der Waals surface area contributed by atoms with E-state index in [1.54, 1.807) is 12.1 Å².